The van der Waals surface area contributed by atoms with Crippen molar-refractivity contribution in [2.24, 2.45) is 0 Å². The van der Waals surface area contributed by atoms with Crippen molar-refractivity contribution in [2.75, 3.05) is 13.7 Å². The Bertz CT molecular complexity index is 1510. The maximum atomic E-state index is 14.2. The molecule has 0 spiro atoms. The lowest BCUT2D eigenvalue weighted by Gasteiger charge is -2.47. The van der Waals surface area contributed by atoms with E-state index in [2.05, 4.69) is 15.3 Å². The summed E-state index contributed by atoms with van der Waals surface area (Å²) in [5.74, 6) is -7.85. The number of methoxy groups -OCH3 is 1. The summed E-state index contributed by atoms with van der Waals surface area (Å²) in [7, 11) is 1.18. The molecule has 46 heavy (non-hydrogen) atoms. The van der Waals surface area contributed by atoms with E-state index in [0.717, 1.165) is 29.2 Å². The number of thioether (sulfide) groups is 1. The number of aromatic nitrogens is 4. The molecule has 1 aromatic carbocycles. The normalized spacial score (nSPS) is 27.0. The van der Waals surface area contributed by atoms with Crippen molar-refractivity contribution < 1.29 is 59.9 Å². The van der Waals surface area contributed by atoms with Gasteiger partial charge in [-0.15, -0.1) is 16.9 Å². The van der Waals surface area contributed by atoms with E-state index in [1.807, 2.05) is 0 Å². The van der Waals surface area contributed by atoms with Crippen molar-refractivity contribution in [2.45, 2.75) is 78.4 Å². The van der Waals surface area contributed by atoms with Crippen molar-refractivity contribution in [1.82, 2.24) is 20.0 Å². The van der Waals surface area contributed by atoms with Gasteiger partial charge in [0.25, 0.3) is 0 Å². The molecule has 9 nitrogen and oxygen atoms in total. The summed E-state index contributed by atoms with van der Waals surface area (Å²) in [6.45, 7) is -0.806. The summed E-state index contributed by atoms with van der Waals surface area (Å²) in [5, 5.41) is 39.0. The van der Waals surface area contributed by atoms with E-state index < -0.39 is 114 Å². The van der Waals surface area contributed by atoms with E-state index >= 15 is 0 Å². The molecule has 3 N–H and O–H groups in total. The molecule has 1 saturated carbocycles. The zero-order valence-electron chi connectivity index (χ0n) is 23.8. The molecule has 0 amide bonds. The first kappa shape index (κ1) is 34.4. The van der Waals surface area contributed by atoms with E-state index in [1.54, 1.807) is 0 Å². The van der Waals surface area contributed by atoms with Gasteiger partial charge in [-0.25, -0.2) is 26.6 Å². The summed E-state index contributed by atoms with van der Waals surface area (Å²) < 4.78 is 125. The molecule has 0 radical (unpaired) electrons. The van der Waals surface area contributed by atoms with Crippen molar-refractivity contribution in [3.05, 3.63) is 65.4 Å². The third-order valence-corrected chi connectivity index (χ3v) is 9.77. The standard InChI is InChI=1S/C28H28F8N4O5S/c1-44-23-21(40-11-17(38-39-40)13-9-15(29)19(31)16(30)10-13)22(42)18(12-41)45-25(23)46-24(26(43)4-6-27(32,33)7-5-26)20-14(28(34,35)36)3-2-8-37-20/h2-3,8-11,18,21-25,41-43H,4-7,12H2,1H3/t18-,21+,22+,23-,24-,25+/m1/s1. The summed E-state index contributed by atoms with van der Waals surface area (Å²) in [5.41, 5.74) is -5.73. The average molecular weight is 685 g/mol. The number of benzene rings is 1. The second-order valence-electron chi connectivity index (χ2n) is 11.2. The summed E-state index contributed by atoms with van der Waals surface area (Å²) in [6, 6.07) is 1.81. The Balaban J connectivity index is 1.55. The quantitative estimate of drug-likeness (QED) is 0.226. The fourth-order valence-electron chi connectivity index (χ4n) is 5.74. The number of pyridine rings is 1. The van der Waals surface area contributed by atoms with Gasteiger partial charge < -0.3 is 24.8 Å². The van der Waals surface area contributed by atoms with Crippen LogP contribution in [0.4, 0.5) is 35.1 Å². The van der Waals surface area contributed by atoms with Gasteiger partial charge in [-0.1, -0.05) is 5.21 Å². The van der Waals surface area contributed by atoms with Crippen molar-refractivity contribution in [3.8, 4) is 11.3 Å². The van der Waals surface area contributed by atoms with Crippen LogP contribution >= 0.6 is 11.8 Å². The van der Waals surface area contributed by atoms with Crippen molar-refractivity contribution in [1.29, 1.82) is 0 Å². The number of aliphatic hydroxyl groups is 3. The highest BCUT2D eigenvalue weighted by molar-refractivity contribution is 8.00. The number of hydrogen-bond acceptors (Lipinski definition) is 9. The second-order valence-corrected chi connectivity index (χ2v) is 12.4. The Labute approximate surface area is 260 Å². The molecule has 0 bridgehead atoms. The molecule has 5 rings (SSSR count). The minimum absolute atomic E-state index is 0.158. The zero-order chi connectivity index (χ0) is 33.6. The lowest BCUT2D eigenvalue weighted by atomic mass is 9.79. The minimum Gasteiger partial charge on any atom is -0.394 e. The number of ether oxygens (including phenoxy) is 2. The Hall–Kier alpha value is -2.90. The van der Waals surface area contributed by atoms with Crippen molar-refractivity contribution >= 4 is 11.8 Å². The SMILES string of the molecule is CO[C@@H]1[C@@H](n2cc(-c3cc(F)c(F)c(F)c3)nn2)[C@@H](O)[C@@H](CO)O[C@H]1S[C@H](c1ncccc1C(F)(F)F)C1(O)CCC(F)(F)CC1. The fourth-order valence-corrected chi connectivity index (χ4v) is 7.45. The largest absolute Gasteiger partial charge is 0.418 e. The van der Waals surface area contributed by atoms with Crippen LogP contribution in [0, 0.1) is 17.5 Å². The molecule has 18 heteroatoms. The number of nitrogens with zero attached hydrogens (tertiary/aromatic N) is 4. The molecule has 1 aliphatic carbocycles. The highest BCUT2D eigenvalue weighted by atomic mass is 32.2. The molecule has 2 fully saturated rings. The van der Waals surface area contributed by atoms with E-state index in [-0.39, 0.29) is 11.3 Å². The maximum absolute atomic E-state index is 14.2. The molecule has 6 atom stereocenters. The van der Waals surface area contributed by atoms with Crippen molar-refractivity contribution in [3.63, 3.8) is 0 Å². The van der Waals surface area contributed by atoms with Crippen LogP contribution in [0.15, 0.2) is 36.7 Å². The van der Waals surface area contributed by atoms with Crippen LogP contribution in [0.25, 0.3) is 11.3 Å². The number of hydrogen-bond donors (Lipinski definition) is 3. The van der Waals surface area contributed by atoms with Gasteiger partial charge in [0.1, 0.15) is 35.5 Å². The highest BCUT2D eigenvalue weighted by Gasteiger charge is 2.54. The predicted molar refractivity (Wildman–Crippen MR) is 145 cm³/mol. The predicted octanol–water partition coefficient (Wildman–Crippen LogP) is 4.83. The third kappa shape index (κ3) is 6.73. The molecule has 0 unspecified atom stereocenters. The Morgan fingerprint density at radius 2 is 1.78 bits per heavy atom. The molecule has 3 heterocycles. The van der Waals surface area contributed by atoms with Gasteiger partial charge in [0.05, 0.1) is 34.9 Å². The molecule has 1 aliphatic heterocycles. The minimum atomic E-state index is -4.94. The number of rotatable bonds is 8. The lowest BCUT2D eigenvalue weighted by Crippen LogP contribution is -2.56. The molecule has 1 saturated heterocycles. The van der Waals surface area contributed by atoms with Crippen LogP contribution in [-0.4, -0.2) is 84.3 Å². The van der Waals surface area contributed by atoms with Gasteiger partial charge in [0.2, 0.25) is 5.92 Å². The van der Waals surface area contributed by atoms with Gasteiger partial charge in [-0.2, -0.15) is 13.2 Å². The van der Waals surface area contributed by atoms with Gasteiger partial charge in [0.15, 0.2) is 17.5 Å². The number of halogens is 8. The first-order valence-electron chi connectivity index (χ1n) is 13.9. The van der Waals surface area contributed by atoms with Crippen LogP contribution < -0.4 is 0 Å². The van der Waals surface area contributed by atoms with E-state index in [1.165, 1.54) is 7.11 Å². The van der Waals surface area contributed by atoms with Crippen LogP contribution in [0.2, 0.25) is 0 Å². The smallest absolute Gasteiger partial charge is 0.394 e. The molecular formula is C28H28F8N4O5S. The third-order valence-electron chi connectivity index (χ3n) is 8.19. The van der Waals surface area contributed by atoms with Crippen LogP contribution in [0.5, 0.6) is 0 Å². The fraction of sp³-hybridized carbons (Fsp3) is 0.536. The first-order valence-corrected chi connectivity index (χ1v) is 14.8. The van der Waals surface area contributed by atoms with E-state index in [4.69, 9.17) is 9.47 Å². The molecule has 252 valence electrons. The Kier molecular flexibility index (Phi) is 9.70. The van der Waals surface area contributed by atoms with Crippen LogP contribution in [-0.2, 0) is 15.7 Å². The summed E-state index contributed by atoms with van der Waals surface area (Å²) >= 11 is 0.586. The summed E-state index contributed by atoms with van der Waals surface area (Å²) in [6.07, 6.45) is -9.81. The van der Waals surface area contributed by atoms with Crippen LogP contribution in [0.3, 0.4) is 0 Å². The molecular weight excluding hydrogens is 656 g/mol. The number of aliphatic hydroxyl groups excluding tert-OH is 2. The van der Waals surface area contributed by atoms with E-state index in [9.17, 15) is 50.4 Å². The Morgan fingerprint density at radius 1 is 1.13 bits per heavy atom. The van der Waals surface area contributed by atoms with Crippen LogP contribution in [0.1, 0.15) is 48.2 Å². The molecule has 2 aliphatic rings. The molecule has 2 aromatic heterocycles. The number of alkyl halides is 5. The molecule has 3 aromatic rings. The maximum Gasteiger partial charge on any atom is 0.418 e. The second kappa shape index (κ2) is 13.0. The van der Waals surface area contributed by atoms with E-state index in [0.29, 0.717) is 23.9 Å². The van der Waals surface area contributed by atoms with Gasteiger partial charge in [-0.05, 0) is 37.1 Å². The monoisotopic (exact) mass is 684 g/mol. The lowest BCUT2D eigenvalue weighted by molar-refractivity contribution is -0.186. The zero-order valence-corrected chi connectivity index (χ0v) is 24.7. The van der Waals surface area contributed by atoms with Gasteiger partial charge in [-0.3, -0.25) is 4.98 Å². The topological polar surface area (TPSA) is 123 Å². The first-order chi connectivity index (χ1) is 21.6. The summed E-state index contributed by atoms with van der Waals surface area (Å²) in [4.78, 5) is 3.91. The highest BCUT2D eigenvalue weighted by Crippen LogP contribution is 2.54. The van der Waals surface area contributed by atoms with Gasteiger partial charge in [0, 0.05) is 31.7 Å². The average Bonchev–Trinajstić information content (AvgIpc) is 3.49. The van der Waals surface area contributed by atoms with Gasteiger partial charge >= 0.3 is 6.18 Å². The Morgan fingerprint density at radius 3 is 2.37 bits per heavy atom.